The Balaban J connectivity index is 1.79. The van der Waals surface area contributed by atoms with E-state index in [1.165, 1.54) is 24.3 Å². The van der Waals surface area contributed by atoms with Gasteiger partial charge in [-0.3, -0.25) is 4.79 Å². The van der Waals surface area contributed by atoms with Crippen LogP contribution in [0.4, 0.5) is 18.9 Å². The lowest BCUT2D eigenvalue weighted by Gasteiger charge is -2.15. The summed E-state index contributed by atoms with van der Waals surface area (Å²) in [6.07, 6.45) is -3.08. The Morgan fingerprint density at radius 2 is 1.89 bits per heavy atom. The van der Waals surface area contributed by atoms with Crippen LogP contribution < -0.4 is 10.1 Å². The highest BCUT2D eigenvalue weighted by atomic mass is 35.5. The van der Waals surface area contributed by atoms with Crippen molar-refractivity contribution >= 4 is 29.2 Å². The number of aromatic carboxylic acids is 1. The number of hydrogen-bond acceptors (Lipinski definition) is 3. The lowest BCUT2D eigenvalue weighted by molar-refractivity contribution is -0.138. The molecule has 1 fully saturated rings. The van der Waals surface area contributed by atoms with E-state index in [1.54, 1.807) is 0 Å². The molecule has 1 saturated carbocycles. The molecule has 1 aliphatic rings. The number of carbonyl (C=O) groups excluding carboxylic acids is 1. The van der Waals surface area contributed by atoms with E-state index in [0.717, 1.165) is 25.0 Å². The molecule has 1 aliphatic carbocycles. The Morgan fingerprint density at radius 3 is 2.50 bits per heavy atom. The number of carboxylic acids is 1. The van der Waals surface area contributed by atoms with E-state index in [4.69, 9.17) is 16.3 Å². The van der Waals surface area contributed by atoms with Gasteiger partial charge in [-0.15, -0.1) is 0 Å². The molecular formula is C19H15ClF3NO4. The minimum absolute atomic E-state index is 0.0556. The van der Waals surface area contributed by atoms with Gasteiger partial charge in [0.05, 0.1) is 16.8 Å². The predicted molar refractivity (Wildman–Crippen MR) is 95.5 cm³/mol. The standard InChI is InChI=1S/C19H15ClF3NO4/c20-12-4-3-11(15(7-12)19(21,22)23)9-28-13-5-6-16(14(8-13)18(26)27)24-17(25)10-1-2-10/h3-8,10H,1-2,9H2,(H,24,25)(H,26,27). The molecule has 2 aromatic rings. The summed E-state index contributed by atoms with van der Waals surface area (Å²) in [5.41, 5.74) is -1.16. The fraction of sp³-hybridized carbons (Fsp3) is 0.263. The van der Waals surface area contributed by atoms with Crippen LogP contribution in [0.3, 0.4) is 0 Å². The number of amides is 1. The van der Waals surface area contributed by atoms with Gasteiger partial charge in [-0.2, -0.15) is 13.2 Å². The van der Waals surface area contributed by atoms with Gasteiger partial charge >= 0.3 is 12.1 Å². The van der Waals surface area contributed by atoms with Crippen LogP contribution in [-0.4, -0.2) is 17.0 Å². The second kappa shape index (κ2) is 7.71. The summed E-state index contributed by atoms with van der Waals surface area (Å²) >= 11 is 5.64. The summed E-state index contributed by atoms with van der Waals surface area (Å²) in [4.78, 5) is 23.3. The highest BCUT2D eigenvalue weighted by Crippen LogP contribution is 2.35. The Morgan fingerprint density at radius 1 is 1.18 bits per heavy atom. The van der Waals surface area contributed by atoms with Crippen LogP contribution in [0.15, 0.2) is 36.4 Å². The normalized spacial score (nSPS) is 13.9. The molecule has 148 valence electrons. The molecule has 28 heavy (non-hydrogen) atoms. The minimum atomic E-state index is -4.60. The maximum atomic E-state index is 13.1. The molecule has 0 saturated heterocycles. The lowest BCUT2D eigenvalue weighted by atomic mass is 10.1. The molecular weight excluding hydrogens is 399 g/mol. The van der Waals surface area contributed by atoms with Gasteiger partial charge in [0.1, 0.15) is 12.4 Å². The topological polar surface area (TPSA) is 75.6 Å². The largest absolute Gasteiger partial charge is 0.489 e. The second-order valence-corrected chi connectivity index (χ2v) is 6.80. The summed E-state index contributed by atoms with van der Waals surface area (Å²) in [6, 6.07) is 7.22. The van der Waals surface area contributed by atoms with E-state index in [-0.39, 0.29) is 39.4 Å². The highest BCUT2D eigenvalue weighted by molar-refractivity contribution is 6.30. The van der Waals surface area contributed by atoms with Crippen LogP contribution in [0, 0.1) is 5.92 Å². The van der Waals surface area contributed by atoms with Crippen LogP contribution in [0.25, 0.3) is 0 Å². The first-order valence-corrected chi connectivity index (χ1v) is 8.69. The third kappa shape index (κ3) is 4.75. The van der Waals surface area contributed by atoms with Gasteiger partial charge in [-0.25, -0.2) is 4.79 Å². The number of hydrogen-bond donors (Lipinski definition) is 2. The molecule has 5 nitrogen and oxygen atoms in total. The van der Waals surface area contributed by atoms with Crippen molar-refractivity contribution < 1.29 is 32.6 Å². The Hall–Kier alpha value is -2.74. The number of carbonyl (C=O) groups is 2. The van der Waals surface area contributed by atoms with Crippen molar-refractivity contribution in [1.82, 2.24) is 0 Å². The van der Waals surface area contributed by atoms with Crippen molar-refractivity contribution in [1.29, 1.82) is 0 Å². The molecule has 9 heteroatoms. The zero-order valence-electron chi connectivity index (χ0n) is 14.3. The summed E-state index contributed by atoms with van der Waals surface area (Å²) < 4.78 is 44.8. The van der Waals surface area contributed by atoms with E-state index in [2.05, 4.69) is 5.32 Å². The van der Waals surface area contributed by atoms with Crippen molar-refractivity contribution in [3.05, 3.63) is 58.1 Å². The maximum Gasteiger partial charge on any atom is 0.416 e. The van der Waals surface area contributed by atoms with E-state index >= 15 is 0 Å². The molecule has 0 heterocycles. The van der Waals surface area contributed by atoms with Gasteiger partial charge in [0.15, 0.2) is 0 Å². The molecule has 0 aliphatic heterocycles. The number of halogens is 4. The van der Waals surface area contributed by atoms with Gasteiger partial charge in [0.2, 0.25) is 5.91 Å². The molecule has 0 spiro atoms. The smallest absolute Gasteiger partial charge is 0.416 e. The van der Waals surface area contributed by atoms with Crippen LogP contribution >= 0.6 is 11.6 Å². The average Bonchev–Trinajstić information content (AvgIpc) is 3.45. The van der Waals surface area contributed by atoms with Gasteiger partial charge in [0, 0.05) is 16.5 Å². The molecule has 1 amide bonds. The van der Waals surface area contributed by atoms with Crippen LogP contribution in [0.1, 0.15) is 34.3 Å². The van der Waals surface area contributed by atoms with Crippen LogP contribution in [-0.2, 0) is 17.6 Å². The van der Waals surface area contributed by atoms with Crippen molar-refractivity contribution in [3.8, 4) is 5.75 Å². The van der Waals surface area contributed by atoms with Gasteiger partial charge in [-0.05, 0) is 43.2 Å². The van der Waals surface area contributed by atoms with Gasteiger partial charge < -0.3 is 15.2 Å². The molecule has 3 rings (SSSR count). The molecule has 2 aromatic carbocycles. The van der Waals surface area contributed by atoms with Crippen LogP contribution in [0.2, 0.25) is 5.02 Å². The number of anilines is 1. The minimum Gasteiger partial charge on any atom is -0.489 e. The summed E-state index contributed by atoms with van der Waals surface area (Å²) in [5, 5.41) is 11.8. The van der Waals surface area contributed by atoms with Crippen molar-refractivity contribution in [2.24, 2.45) is 5.92 Å². The molecule has 0 aromatic heterocycles. The fourth-order valence-corrected chi connectivity index (χ4v) is 2.75. The zero-order chi connectivity index (χ0) is 20.5. The molecule has 0 unspecified atom stereocenters. The number of nitrogens with one attached hydrogen (secondary N) is 1. The number of ether oxygens (including phenoxy) is 1. The van der Waals surface area contributed by atoms with Gasteiger partial charge in [0.25, 0.3) is 0 Å². The number of alkyl halides is 3. The third-order valence-corrected chi connectivity index (χ3v) is 4.43. The van der Waals surface area contributed by atoms with E-state index in [9.17, 15) is 27.9 Å². The lowest BCUT2D eigenvalue weighted by Crippen LogP contribution is -2.16. The predicted octanol–water partition coefficient (Wildman–Crippen LogP) is 4.98. The SMILES string of the molecule is O=C(O)c1cc(OCc2ccc(Cl)cc2C(F)(F)F)ccc1NC(=O)C1CC1. The monoisotopic (exact) mass is 413 g/mol. The molecule has 0 radical (unpaired) electrons. The Labute approximate surface area is 163 Å². The first-order valence-electron chi connectivity index (χ1n) is 8.32. The molecule has 2 N–H and O–H groups in total. The van der Waals surface area contributed by atoms with Gasteiger partial charge in [-0.1, -0.05) is 17.7 Å². The maximum absolute atomic E-state index is 13.1. The quantitative estimate of drug-likeness (QED) is 0.700. The van der Waals surface area contributed by atoms with Crippen molar-refractivity contribution in [3.63, 3.8) is 0 Å². The first kappa shape index (κ1) is 20.0. The van der Waals surface area contributed by atoms with E-state index < -0.39 is 24.3 Å². The van der Waals surface area contributed by atoms with Crippen LogP contribution in [0.5, 0.6) is 5.75 Å². The number of carboxylic acid groups (broad SMARTS) is 1. The number of benzene rings is 2. The molecule has 0 bridgehead atoms. The number of rotatable bonds is 6. The zero-order valence-corrected chi connectivity index (χ0v) is 15.1. The van der Waals surface area contributed by atoms with E-state index in [1.807, 2.05) is 0 Å². The molecule has 0 atom stereocenters. The Bertz CT molecular complexity index is 926. The third-order valence-electron chi connectivity index (χ3n) is 4.20. The van der Waals surface area contributed by atoms with Crippen molar-refractivity contribution in [2.45, 2.75) is 25.6 Å². The Kier molecular flexibility index (Phi) is 5.51. The summed E-state index contributed by atoms with van der Waals surface area (Å²) in [7, 11) is 0. The van der Waals surface area contributed by atoms with E-state index in [0.29, 0.717) is 0 Å². The average molecular weight is 414 g/mol. The first-order chi connectivity index (χ1) is 13.1. The van der Waals surface area contributed by atoms with Crippen molar-refractivity contribution in [2.75, 3.05) is 5.32 Å². The highest BCUT2D eigenvalue weighted by Gasteiger charge is 2.34. The summed E-state index contributed by atoms with van der Waals surface area (Å²) in [6.45, 7) is -0.432. The fourth-order valence-electron chi connectivity index (χ4n) is 2.58. The summed E-state index contributed by atoms with van der Waals surface area (Å²) in [5.74, 6) is -1.60. The second-order valence-electron chi connectivity index (χ2n) is 6.36.